The summed E-state index contributed by atoms with van der Waals surface area (Å²) in [6.45, 7) is 14.4. The quantitative estimate of drug-likeness (QED) is 0.860. The van der Waals surface area contributed by atoms with Crippen LogP contribution in [0, 0.1) is 5.41 Å². The van der Waals surface area contributed by atoms with Crippen molar-refractivity contribution in [3.8, 4) is 0 Å². The molecule has 3 unspecified atom stereocenters. The van der Waals surface area contributed by atoms with E-state index in [1.807, 2.05) is 0 Å². The third-order valence-corrected chi connectivity index (χ3v) is 5.67. The molecule has 1 saturated heterocycles. The Labute approximate surface area is 132 Å². The van der Waals surface area contributed by atoms with Crippen molar-refractivity contribution in [1.82, 2.24) is 15.1 Å². The average molecular weight is 296 g/mol. The Bertz CT molecular complexity index is 316. The standard InChI is InChI=1S/C18H37N3/c1-6-15-14-20(5)11-8-12-21(15)17-13-18(3,4)10-9-16(17)19-7-2/h15-17,19H,6-14H2,1-5H3. The first-order valence-corrected chi connectivity index (χ1v) is 9.14. The van der Waals surface area contributed by atoms with Crippen LogP contribution in [0.25, 0.3) is 0 Å². The van der Waals surface area contributed by atoms with Crippen molar-refractivity contribution >= 4 is 0 Å². The first-order chi connectivity index (χ1) is 9.96. The minimum absolute atomic E-state index is 0.507. The number of nitrogens with one attached hydrogen (secondary N) is 1. The van der Waals surface area contributed by atoms with Gasteiger partial charge in [0.15, 0.2) is 0 Å². The summed E-state index contributed by atoms with van der Waals surface area (Å²) in [6, 6.07) is 2.16. The van der Waals surface area contributed by atoms with Gasteiger partial charge in [0, 0.05) is 31.2 Å². The van der Waals surface area contributed by atoms with Crippen LogP contribution in [-0.4, -0.2) is 61.2 Å². The maximum Gasteiger partial charge on any atom is 0.0257 e. The van der Waals surface area contributed by atoms with E-state index in [2.05, 4.69) is 49.9 Å². The molecule has 0 aromatic rings. The summed E-state index contributed by atoms with van der Waals surface area (Å²) >= 11 is 0. The van der Waals surface area contributed by atoms with Gasteiger partial charge in [-0.3, -0.25) is 4.90 Å². The number of likely N-dealkylation sites (N-methyl/N-ethyl adjacent to an activating group) is 2. The summed E-state index contributed by atoms with van der Waals surface area (Å²) in [5.74, 6) is 0. The summed E-state index contributed by atoms with van der Waals surface area (Å²) in [5.41, 5.74) is 0.507. The zero-order valence-electron chi connectivity index (χ0n) is 15.0. The van der Waals surface area contributed by atoms with E-state index in [0.717, 1.165) is 18.6 Å². The molecule has 0 aromatic carbocycles. The van der Waals surface area contributed by atoms with Crippen LogP contribution < -0.4 is 5.32 Å². The van der Waals surface area contributed by atoms with Gasteiger partial charge in [-0.2, -0.15) is 0 Å². The molecule has 0 amide bonds. The normalized spacial score (nSPS) is 35.6. The number of rotatable bonds is 4. The van der Waals surface area contributed by atoms with Gasteiger partial charge >= 0.3 is 0 Å². The Morgan fingerprint density at radius 1 is 1.19 bits per heavy atom. The highest BCUT2D eigenvalue weighted by atomic mass is 15.3. The highest BCUT2D eigenvalue weighted by Crippen LogP contribution is 2.38. The molecule has 1 aliphatic carbocycles. The van der Waals surface area contributed by atoms with E-state index in [1.54, 1.807) is 0 Å². The fourth-order valence-corrected chi connectivity index (χ4v) is 4.46. The van der Waals surface area contributed by atoms with Crippen molar-refractivity contribution in [3.05, 3.63) is 0 Å². The summed E-state index contributed by atoms with van der Waals surface area (Å²) in [4.78, 5) is 5.40. The second-order valence-electron chi connectivity index (χ2n) is 8.05. The molecule has 0 aromatic heterocycles. The van der Waals surface area contributed by atoms with E-state index in [0.29, 0.717) is 11.5 Å². The summed E-state index contributed by atoms with van der Waals surface area (Å²) in [6.07, 6.45) is 6.66. The average Bonchev–Trinajstić information content (AvgIpc) is 2.62. The fraction of sp³-hybridized carbons (Fsp3) is 1.00. The van der Waals surface area contributed by atoms with Crippen LogP contribution in [-0.2, 0) is 0 Å². The van der Waals surface area contributed by atoms with Crippen molar-refractivity contribution in [2.45, 2.75) is 77.9 Å². The van der Waals surface area contributed by atoms with Gasteiger partial charge in [-0.1, -0.05) is 27.7 Å². The van der Waals surface area contributed by atoms with Gasteiger partial charge in [-0.25, -0.2) is 0 Å². The Hall–Kier alpha value is -0.120. The molecule has 2 fully saturated rings. The van der Waals surface area contributed by atoms with Crippen molar-refractivity contribution in [2.24, 2.45) is 5.41 Å². The molecule has 3 nitrogen and oxygen atoms in total. The highest BCUT2D eigenvalue weighted by Gasteiger charge is 2.40. The van der Waals surface area contributed by atoms with Gasteiger partial charge in [0.25, 0.3) is 0 Å². The minimum Gasteiger partial charge on any atom is -0.313 e. The topological polar surface area (TPSA) is 18.5 Å². The zero-order valence-corrected chi connectivity index (χ0v) is 15.0. The highest BCUT2D eigenvalue weighted by molar-refractivity contribution is 4.97. The Morgan fingerprint density at radius 2 is 1.95 bits per heavy atom. The molecular weight excluding hydrogens is 258 g/mol. The SMILES string of the molecule is CCNC1CCC(C)(C)CC1N1CCCN(C)CC1CC. The zero-order chi connectivity index (χ0) is 15.5. The first kappa shape index (κ1) is 17.2. The number of hydrogen-bond acceptors (Lipinski definition) is 3. The second kappa shape index (κ2) is 7.43. The molecule has 1 heterocycles. The molecule has 1 aliphatic heterocycles. The predicted molar refractivity (Wildman–Crippen MR) is 91.8 cm³/mol. The third kappa shape index (κ3) is 4.43. The molecule has 1 N–H and O–H groups in total. The van der Waals surface area contributed by atoms with Gasteiger partial charge in [0.1, 0.15) is 0 Å². The maximum absolute atomic E-state index is 3.79. The molecule has 0 radical (unpaired) electrons. The molecular formula is C18H37N3. The molecule has 21 heavy (non-hydrogen) atoms. The van der Waals surface area contributed by atoms with Gasteiger partial charge in [-0.15, -0.1) is 0 Å². The molecule has 124 valence electrons. The largest absolute Gasteiger partial charge is 0.313 e. The lowest BCUT2D eigenvalue weighted by atomic mass is 9.72. The summed E-state index contributed by atoms with van der Waals surface area (Å²) in [7, 11) is 2.29. The Morgan fingerprint density at radius 3 is 2.62 bits per heavy atom. The Kier molecular flexibility index (Phi) is 6.10. The Balaban J connectivity index is 2.15. The molecule has 0 spiro atoms. The van der Waals surface area contributed by atoms with E-state index < -0.39 is 0 Å². The molecule has 2 aliphatic rings. The summed E-state index contributed by atoms with van der Waals surface area (Å²) in [5, 5.41) is 3.79. The van der Waals surface area contributed by atoms with Crippen LogP contribution in [0.4, 0.5) is 0 Å². The van der Waals surface area contributed by atoms with E-state index in [1.165, 1.54) is 51.7 Å². The molecule has 2 rings (SSSR count). The third-order valence-electron chi connectivity index (χ3n) is 5.67. The molecule has 3 heteroatoms. The van der Waals surface area contributed by atoms with Crippen LogP contribution in [0.5, 0.6) is 0 Å². The molecule has 3 atom stereocenters. The van der Waals surface area contributed by atoms with E-state index >= 15 is 0 Å². The monoisotopic (exact) mass is 295 g/mol. The van der Waals surface area contributed by atoms with Crippen molar-refractivity contribution in [3.63, 3.8) is 0 Å². The molecule has 0 bridgehead atoms. The van der Waals surface area contributed by atoms with Crippen LogP contribution in [0.15, 0.2) is 0 Å². The number of nitrogens with zero attached hydrogens (tertiary/aromatic N) is 2. The molecule has 1 saturated carbocycles. The lowest BCUT2D eigenvalue weighted by Crippen LogP contribution is -2.58. The second-order valence-corrected chi connectivity index (χ2v) is 8.05. The first-order valence-electron chi connectivity index (χ1n) is 9.14. The van der Waals surface area contributed by atoms with Gasteiger partial charge in [0.2, 0.25) is 0 Å². The smallest absolute Gasteiger partial charge is 0.0257 e. The van der Waals surface area contributed by atoms with E-state index in [9.17, 15) is 0 Å². The number of hydrogen-bond donors (Lipinski definition) is 1. The lowest BCUT2D eigenvalue weighted by molar-refractivity contribution is 0.0359. The van der Waals surface area contributed by atoms with E-state index in [-0.39, 0.29) is 0 Å². The van der Waals surface area contributed by atoms with Crippen LogP contribution in [0.3, 0.4) is 0 Å². The van der Waals surface area contributed by atoms with Gasteiger partial charge in [-0.05, 0) is 57.7 Å². The van der Waals surface area contributed by atoms with Crippen molar-refractivity contribution < 1.29 is 0 Å². The predicted octanol–water partition coefficient (Wildman–Crippen LogP) is 2.96. The van der Waals surface area contributed by atoms with Gasteiger partial charge < -0.3 is 10.2 Å². The fourth-order valence-electron chi connectivity index (χ4n) is 4.46. The maximum atomic E-state index is 3.79. The van der Waals surface area contributed by atoms with Crippen LogP contribution in [0.2, 0.25) is 0 Å². The summed E-state index contributed by atoms with van der Waals surface area (Å²) < 4.78 is 0. The van der Waals surface area contributed by atoms with Crippen molar-refractivity contribution in [1.29, 1.82) is 0 Å². The van der Waals surface area contributed by atoms with Gasteiger partial charge in [0.05, 0.1) is 0 Å². The van der Waals surface area contributed by atoms with E-state index in [4.69, 9.17) is 0 Å². The van der Waals surface area contributed by atoms with Crippen LogP contribution in [0.1, 0.15) is 59.8 Å². The lowest BCUT2D eigenvalue weighted by Gasteiger charge is -2.48. The van der Waals surface area contributed by atoms with Crippen molar-refractivity contribution in [2.75, 3.05) is 33.2 Å². The minimum atomic E-state index is 0.507. The van der Waals surface area contributed by atoms with Crippen LogP contribution >= 0.6 is 0 Å².